The zero-order valence-corrected chi connectivity index (χ0v) is 82.6. The Morgan fingerprint density at radius 1 is 0.311 bits per heavy atom. The molecule has 0 spiro atoms. The van der Waals surface area contributed by atoms with Crippen LogP contribution in [0.5, 0.6) is 0 Å². The lowest BCUT2D eigenvalue weighted by molar-refractivity contribution is -0.661. The van der Waals surface area contributed by atoms with E-state index in [9.17, 15) is 0 Å². The van der Waals surface area contributed by atoms with Gasteiger partial charge in [-0.2, -0.15) is 0 Å². The van der Waals surface area contributed by atoms with Gasteiger partial charge in [0.05, 0.1) is 27.8 Å². The van der Waals surface area contributed by atoms with Gasteiger partial charge < -0.3 is 22.1 Å². The third kappa shape index (κ3) is 17.4. The van der Waals surface area contributed by atoms with E-state index in [4.69, 9.17) is 35.8 Å². The van der Waals surface area contributed by atoms with E-state index in [1.165, 1.54) is 89.9 Å². The molecule has 686 valence electrons. The molecule has 0 unspecified atom stereocenters. The van der Waals surface area contributed by atoms with Gasteiger partial charge in [0, 0.05) is 154 Å². The molecule has 0 N–H and O–H groups in total. The number of furan rings is 5. The van der Waals surface area contributed by atoms with Crippen LogP contribution in [0.2, 0.25) is 0 Å². The maximum absolute atomic E-state index is 9.11. The zero-order chi connectivity index (χ0) is 104. The van der Waals surface area contributed by atoms with E-state index in [1.54, 1.807) is 25.4 Å². The second kappa shape index (κ2) is 37.8. The van der Waals surface area contributed by atoms with Crippen LogP contribution in [-0.2, 0) is 67.2 Å². The molecule has 15 nitrogen and oxygen atoms in total. The van der Waals surface area contributed by atoms with Crippen molar-refractivity contribution in [2.24, 2.45) is 35.2 Å². The lowest BCUT2D eigenvalue weighted by Crippen LogP contribution is -2.32. The fraction of sp³-hybridized carbons (Fsp3) is 0.333. The van der Waals surface area contributed by atoms with Crippen LogP contribution in [-0.4, -0.2) is 24.9 Å². The predicted molar refractivity (Wildman–Crippen MR) is 551 cm³/mol. The molecule has 2 saturated carbocycles. The molecule has 0 aliphatic heterocycles. The third-order valence-corrected chi connectivity index (χ3v) is 28.0. The molecule has 15 aromatic heterocycles. The van der Waals surface area contributed by atoms with Crippen LogP contribution >= 0.6 is 0 Å². The summed E-state index contributed by atoms with van der Waals surface area (Å²) in [5.74, 6) is 0.0761. The number of benzene rings is 5. The number of hydrogen-bond acceptors (Lipinski definition) is 10. The first-order valence-electron chi connectivity index (χ1n) is 52.7. The van der Waals surface area contributed by atoms with Gasteiger partial charge in [-0.3, -0.25) is 0 Å². The molecule has 0 radical (unpaired) electrons. The van der Waals surface area contributed by atoms with Crippen molar-refractivity contribution in [2.45, 2.75) is 233 Å². The monoisotopic (exact) mass is 1800 g/mol. The summed E-state index contributed by atoms with van der Waals surface area (Å²) in [6.07, 6.45) is 16.0. The highest BCUT2D eigenvalue weighted by Crippen LogP contribution is 2.46. The van der Waals surface area contributed by atoms with E-state index in [0.717, 1.165) is 215 Å². The summed E-state index contributed by atoms with van der Waals surface area (Å²) in [6, 6.07) is 51.8. The summed E-state index contributed by atoms with van der Waals surface area (Å²) >= 11 is 0. The van der Waals surface area contributed by atoms with Gasteiger partial charge in [0.1, 0.15) is 35.2 Å². The average molecular weight is 1800 g/mol. The topological polar surface area (TPSA) is 150 Å². The Labute approximate surface area is 808 Å². The van der Waals surface area contributed by atoms with Crippen molar-refractivity contribution in [2.75, 3.05) is 0 Å². The molecule has 0 atom stereocenters. The standard InChI is InChI=1S/2C25H27N2O.C24H27N2O.2C23H25N2O/c1-15-9-11-19-20-12-10-17(3)26-25(20)28-24(19)23(15)22-13-21(16(2)14-27(22)4)18-7-5-6-8-18;1-15-9-11-19-20-12-10-17(3)26-25(20)28-24(19)23(15)22-13-16(2)21(14-27(22)4)18-7-5-6-8-18;1-7-17-12-21(26(6)13-20(17)14(2)3)22-15(4)8-10-18-19-11-9-16(5)25-24(19)27-23(18)22;2*1-6-16-12-20(25(5)13-17(16)7-2)21-14(3)8-10-18-19-11-9-15(4)24-23(19)26-22(18)21/h2*9-14,18H,5-8H2,1-4H3;8-14H,7H2,1-6H3;2*8-13H,6-7H2,1-5H3/q5*+1/i2D3,18D;;7D2;6D2,7D2;. The van der Waals surface area contributed by atoms with Crippen molar-refractivity contribution < 1.29 is 58.6 Å². The SMILES string of the molecule is CCc1cc(-c2c(C)ccc3c2oc2nc(C)ccc23)[n+](C)cc1CC.Cc1ccc2c(n1)oc1c(-c3cc(C)c(C4CCCC4)c[n+]3C)c(C)ccc12.[2H]C([2H])(C)c1cc(-c2c(C)ccc3c2oc2nc(C)ccc23)[n+](C)cc1C(C)C.[2H]C([2H])(C)c1cc(-c2c(C)ccc3c2oc2nc(C)ccc23)[n+](C)cc1C([2H])([2H])C.[2H]C([2H])([2H])c1c[n+](C)c(-c2c(C)ccc3c2oc2nc(C)ccc23)cc1C1([2H])CCCC1. The normalized spacial score (nSPS) is 14.8. The molecule has 2 fully saturated rings. The number of rotatable bonds is 13. The van der Waals surface area contributed by atoms with Gasteiger partial charge in [0.25, 0.3) is 0 Å². The lowest BCUT2D eigenvalue weighted by Gasteiger charge is -2.14. The minimum Gasteiger partial charge on any atom is -0.437 e. The highest BCUT2D eigenvalue weighted by atomic mass is 16.4. The van der Waals surface area contributed by atoms with E-state index in [0.29, 0.717) is 52.3 Å². The molecular weight excluding hydrogens is 1660 g/mol. The minimum absolute atomic E-state index is 0.232. The number of pyridine rings is 10. The Bertz CT molecular complexity index is 8560. The molecular formula is C120H131N10O5+5. The van der Waals surface area contributed by atoms with Gasteiger partial charge in [-0.15, -0.1) is 0 Å². The van der Waals surface area contributed by atoms with Crippen molar-refractivity contribution in [1.29, 1.82) is 0 Å². The van der Waals surface area contributed by atoms with Crippen LogP contribution in [0.4, 0.5) is 0 Å². The van der Waals surface area contributed by atoms with E-state index in [2.05, 4.69) is 212 Å². The summed E-state index contributed by atoms with van der Waals surface area (Å²) in [5, 5.41) is 10.3. The number of aromatic nitrogens is 10. The van der Waals surface area contributed by atoms with Crippen LogP contribution < -0.4 is 22.8 Å². The Hall–Kier alpha value is -13.4. The molecule has 22 rings (SSSR count). The summed E-state index contributed by atoms with van der Waals surface area (Å²) in [7, 11) is 10.0. The van der Waals surface area contributed by atoms with Gasteiger partial charge in [-0.05, 0) is 275 Å². The quantitative estimate of drug-likeness (QED) is 0.102. The molecule has 20 aromatic rings. The van der Waals surface area contributed by atoms with E-state index < -0.39 is 31.9 Å². The summed E-state index contributed by atoms with van der Waals surface area (Å²) in [6.45, 7) is 33.4. The first kappa shape index (κ1) is 80.1. The fourth-order valence-electron chi connectivity index (χ4n) is 20.6. The predicted octanol–water partition coefficient (Wildman–Crippen LogP) is 28.3. The lowest BCUT2D eigenvalue weighted by atomic mass is 9.91. The fourth-order valence-corrected chi connectivity index (χ4v) is 20.6. The van der Waals surface area contributed by atoms with Gasteiger partial charge in [0.15, 0.2) is 58.9 Å². The maximum atomic E-state index is 9.11. The second-order valence-electron chi connectivity index (χ2n) is 37.7. The Morgan fingerprint density at radius 3 is 0.948 bits per heavy atom. The molecule has 5 aromatic carbocycles. The number of aryl methyl sites for hydroxylation is 22. The van der Waals surface area contributed by atoms with Gasteiger partial charge in [0.2, 0.25) is 57.0 Å². The summed E-state index contributed by atoms with van der Waals surface area (Å²) in [5.41, 5.74) is 36.7. The van der Waals surface area contributed by atoms with E-state index in [-0.39, 0.29) is 11.5 Å². The van der Waals surface area contributed by atoms with Crippen molar-refractivity contribution >= 4 is 110 Å². The summed E-state index contributed by atoms with van der Waals surface area (Å²) in [4.78, 5) is 22.8. The molecule has 0 amide bonds. The van der Waals surface area contributed by atoms with E-state index >= 15 is 0 Å². The molecule has 2 aliphatic rings. The van der Waals surface area contributed by atoms with Crippen LogP contribution in [0.1, 0.15) is 243 Å². The maximum Gasteiger partial charge on any atom is 0.227 e. The molecule has 15 heterocycles. The van der Waals surface area contributed by atoms with Crippen LogP contribution in [0.25, 0.3) is 167 Å². The van der Waals surface area contributed by atoms with Crippen molar-refractivity contribution in [1.82, 2.24) is 24.9 Å². The Balaban J connectivity index is 0.000000119. The van der Waals surface area contributed by atoms with Crippen LogP contribution in [0.3, 0.4) is 0 Å². The largest absolute Gasteiger partial charge is 0.437 e. The second-order valence-corrected chi connectivity index (χ2v) is 37.7. The number of nitrogens with zero attached hydrogens (tertiary/aromatic N) is 10. The molecule has 0 bridgehead atoms. The smallest absolute Gasteiger partial charge is 0.227 e. The highest BCUT2D eigenvalue weighted by Gasteiger charge is 2.33. The average Bonchev–Trinajstić information content (AvgIpc) is 1.66. The highest BCUT2D eigenvalue weighted by molar-refractivity contribution is 6.13. The Kier molecular flexibility index (Phi) is 22.4. The van der Waals surface area contributed by atoms with Gasteiger partial charge in [-0.25, -0.2) is 47.8 Å². The van der Waals surface area contributed by atoms with Gasteiger partial charge >= 0.3 is 0 Å². The van der Waals surface area contributed by atoms with E-state index in [1.807, 2.05) is 139 Å². The van der Waals surface area contributed by atoms with Gasteiger partial charge in [-0.1, -0.05) is 135 Å². The molecule has 135 heavy (non-hydrogen) atoms. The van der Waals surface area contributed by atoms with Crippen LogP contribution in [0.15, 0.2) is 205 Å². The number of fused-ring (bicyclic) bond motifs is 15. The first-order valence-corrected chi connectivity index (χ1v) is 47.7. The third-order valence-electron chi connectivity index (χ3n) is 28.0. The number of hydrogen-bond donors (Lipinski definition) is 0. The van der Waals surface area contributed by atoms with Crippen molar-refractivity contribution in [3.63, 3.8) is 0 Å². The minimum atomic E-state index is -2.27. The van der Waals surface area contributed by atoms with Crippen molar-refractivity contribution in [3.05, 3.63) is 295 Å². The zero-order valence-electron chi connectivity index (χ0n) is 92.6. The molecule has 2 aliphatic carbocycles. The first-order chi connectivity index (χ1) is 68.6. The van der Waals surface area contributed by atoms with Crippen molar-refractivity contribution in [3.8, 4) is 56.3 Å². The summed E-state index contributed by atoms with van der Waals surface area (Å²) < 4.78 is 125. The molecule has 0 saturated heterocycles. The molecule has 15 heteroatoms. The van der Waals surface area contributed by atoms with Crippen LogP contribution in [0, 0.1) is 83.0 Å². The Morgan fingerprint density at radius 2 is 0.607 bits per heavy atom.